The maximum atomic E-state index is 11.8. The number of rotatable bonds is 4. The summed E-state index contributed by atoms with van der Waals surface area (Å²) < 4.78 is 23.7. The van der Waals surface area contributed by atoms with E-state index in [1.165, 1.54) is 0 Å². The second kappa shape index (κ2) is 4.77. The van der Waals surface area contributed by atoms with Crippen molar-refractivity contribution in [3.05, 3.63) is 29.8 Å². The van der Waals surface area contributed by atoms with Crippen LogP contribution in [0.5, 0.6) is 0 Å². The van der Waals surface area contributed by atoms with Crippen LogP contribution >= 0.6 is 0 Å². The van der Waals surface area contributed by atoms with E-state index < -0.39 is 9.84 Å². The molecular weight excluding hydrogens is 210 g/mol. The first-order chi connectivity index (χ1) is 6.95. The van der Waals surface area contributed by atoms with E-state index in [0.29, 0.717) is 11.3 Å². The van der Waals surface area contributed by atoms with Gasteiger partial charge in [-0.05, 0) is 25.5 Å². The van der Waals surface area contributed by atoms with Crippen LogP contribution in [0.4, 0.5) is 0 Å². The molecule has 1 aromatic rings. The fourth-order valence-electron chi connectivity index (χ4n) is 1.24. The minimum absolute atomic E-state index is 0.0204. The van der Waals surface area contributed by atoms with E-state index in [-0.39, 0.29) is 11.8 Å². The van der Waals surface area contributed by atoms with Gasteiger partial charge in [0.2, 0.25) is 0 Å². The van der Waals surface area contributed by atoms with Gasteiger partial charge in [0.05, 0.1) is 10.6 Å². The third-order valence-corrected chi connectivity index (χ3v) is 4.20. The first-order valence-corrected chi connectivity index (χ1v) is 6.66. The monoisotopic (exact) mass is 227 g/mol. The molecule has 0 aliphatic heterocycles. The highest BCUT2D eigenvalue weighted by molar-refractivity contribution is 7.91. The summed E-state index contributed by atoms with van der Waals surface area (Å²) in [5, 5.41) is 0. The zero-order chi connectivity index (χ0) is 11.5. The average molecular weight is 227 g/mol. The third kappa shape index (κ3) is 3.32. The molecule has 0 fully saturated rings. The van der Waals surface area contributed by atoms with Crippen molar-refractivity contribution in [2.24, 2.45) is 5.73 Å². The Morgan fingerprint density at radius 2 is 1.80 bits per heavy atom. The van der Waals surface area contributed by atoms with Gasteiger partial charge in [0.1, 0.15) is 0 Å². The van der Waals surface area contributed by atoms with Crippen LogP contribution in [0.1, 0.15) is 18.9 Å². The van der Waals surface area contributed by atoms with Crippen molar-refractivity contribution in [3.63, 3.8) is 0 Å². The highest BCUT2D eigenvalue weighted by atomic mass is 32.2. The minimum atomic E-state index is -3.21. The Morgan fingerprint density at radius 1 is 1.27 bits per heavy atom. The van der Waals surface area contributed by atoms with E-state index in [2.05, 4.69) is 0 Å². The van der Waals surface area contributed by atoms with E-state index in [1.54, 1.807) is 24.3 Å². The van der Waals surface area contributed by atoms with Crippen LogP contribution < -0.4 is 5.73 Å². The number of sulfone groups is 1. The van der Waals surface area contributed by atoms with Gasteiger partial charge in [0.15, 0.2) is 9.84 Å². The summed E-state index contributed by atoms with van der Waals surface area (Å²) in [5.41, 5.74) is 6.70. The fourth-order valence-corrected chi connectivity index (χ4v) is 2.78. The van der Waals surface area contributed by atoms with Crippen molar-refractivity contribution >= 4 is 9.84 Å². The second-order valence-electron chi connectivity index (χ2n) is 3.76. The molecule has 0 heterocycles. The van der Waals surface area contributed by atoms with E-state index in [4.69, 9.17) is 5.73 Å². The Labute approximate surface area is 91.2 Å². The zero-order valence-electron chi connectivity index (χ0n) is 9.10. The molecule has 0 radical (unpaired) electrons. The SMILES string of the molecule is CCC(N)CS(=O)(=O)c1ccc(C)cc1. The summed E-state index contributed by atoms with van der Waals surface area (Å²) in [6.07, 6.45) is 0.672. The quantitative estimate of drug-likeness (QED) is 0.848. The molecule has 3 nitrogen and oxygen atoms in total. The van der Waals surface area contributed by atoms with Gasteiger partial charge in [-0.3, -0.25) is 0 Å². The van der Waals surface area contributed by atoms with Crippen molar-refractivity contribution in [3.8, 4) is 0 Å². The summed E-state index contributed by atoms with van der Waals surface area (Å²) in [7, 11) is -3.21. The molecule has 0 saturated heterocycles. The Hall–Kier alpha value is -0.870. The standard InChI is InChI=1S/C11H17NO2S/c1-3-10(12)8-15(13,14)11-6-4-9(2)5-7-11/h4-7,10H,3,8,12H2,1-2H3. The lowest BCUT2D eigenvalue weighted by Gasteiger charge is -2.09. The molecule has 0 aliphatic carbocycles. The predicted molar refractivity (Wildman–Crippen MR) is 61.5 cm³/mol. The minimum Gasteiger partial charge on any atom is -0.327 e. The summed E-state index contributed by atoms with van der Waals surface area (Å²) in [5.74, 6) is 0.0204. The Morgan fingerprint density at radius 3 is 2.27 bits per heavy atom. The first-order valence-electron chi connectivity index (χ1n) is 5.00. The lowest BCUT2D eigenvalue weighted by atomic mass is 10.2. The van der Waals surface area contributed by atoms with E-state index in [9.17, 15) is 8.42 Å². The Kier molecular flexibility index (Phi) is 3.88. The van der Waals surface area contributed by atoms with Crippen molar-refractivity contribution < 1.29 is 8.42 Å². The highest BCUT2D eigenvalue weighted by Gasteiger charge is 2.17. The molecule has 1 atom stereocenters. The normalized spacial score (nSPS) is 13.8. The van der Waals surface area contributed by atoms with Crippen LogP contribution in [0.2, 0.25) is 0 Å². The molecule has 4 heteroatoms. The topological polar surface area (TPSA) is 60.2 Å². The van der Waals surface area contributed by atoms with Crippen LogP contribution in [-0.2, 0) is 9.84 Å². The molecule has 2 N–H and O–H groups in total. The van der Waals surface area contributed by atoms with Gasteiger partial charge in [0.25, 0.3) is 0 Å². The van der Waals surface area contributed by atoms with Crippen molar-refractivity contribution in [2.45, 2.75) is 31.2 Å². The first kappa shape index (κ1) is 12.2. The predicted octanol–water partition coefficient (Wildman–Crippen LogP) is 1.51. The lowest BCUT2D eigenvalue weighted by molar-refractivity contribution is 0.584. The zero-order valence-corrected chi connectivity index (χ0v) is 9.92. The molecule has 84 valence electrons. The molecule has 0 aliphatic rings. The van der Waals surface area contributed by atoms with Crippen molar-refractivity contribution in [1.82, 2.24) is 0 Å². The van der Waals surface area contributed by atoms with Gasteiger partial charge in [0, 0.05) is 6.04 Å². The van der Waals surface area contributed by atoms with Crippen LogP contribution in [0.25, 0.3) is 0 Å². The summed E-state index contributed by atoms with van der Waals surface area (Å²) in [6, 6.07) is 6.57. The van der Waals surface area contributed by atoms with Gasteiger partial charge in [-0.25, -0.2) is 8.42 Å². The molecule has 1 rings (SSSR count). The van der Waals surface area contributed by atoms with E-state index >= 15 is 0 Å². The molecule has 0 saturated carbocycles. The third-order valence-electron chi connectivity index (χ3n) is 2.34. The number of aryl methyl sites for hydroxylation is 1. The van der Waals surface area contributed by atoms with Crippen molar-refractivity contribution in [2.75, 3.05) is 5.75 Å². The highest BCUT2D eigenvalue weighted by Crippen LogP contribution is 2.13. The van der Waals surface area contributed by atoms with E-state index in [1.807, 2.05) is 13.8 Å². The Balaban J connectivity index is 2.91. The molecule has 15 heavy (non-hydrogen) atoms. The molecule has 0 amide bonds. The summed E-state index contributed by atoms with van der Waals surface area (Å²) in [4.78, 5) is 0.358. The van der Waals surface area contributed by atoms with Gasteiger partial charge < -0.3 is 5.73 Å². The maximum Gasteiger partial charge on any atom is 0.179 e. The lowest BCUT2D eigenvalue weighted by Crippen LogP contribution is -2.28. The molecule has 0 aromatic heterocycles. The van der Waals surface area contributed by atoms with Gasteiger partial charge in [-0.2, -0.15) is 0 Å². The number of hydrogen-bond donors (Lipinski definition) is 1. The largest absolute Gasteiger partial charge is 0.327 e. The van der Waals surface area contributed by atoms with Crippen LogP contribution in [0.15, 0.2) is 29.2 Å². The van der Waals surface area contributed by atoms with E-state index in [0.717, 1.165) is 5.56 Å². The number of benzene rings is 1. The molecule has 1 aromatic carbocycles. The van der Waals surface area contributed by atoms with Gasteiger partial charge in [-0.15, -0.1) is 0 Å². The number of nitrogens with two attached hydrogens (primary N) is 1. The van der Waals surface area contributed by atoms with Gasteiger partial charge >= 0.3 is 0 Å². The van der Waals surface area contributed by atoms with Crippen molar-refractivity contribution in [1.29, 1.82) is 0 Å². The molecule has 0 bridgehead atoms. The summed E-state index contributed by atoms with van der Waals surface area (Å²) >= 11 is 0. The van der Waals surface area contributed by atoms with Crippen LogP contribution in [0.3, 0.4) is 0 Å². The molecule has 0 spiro atoms. The van der Waals surface area contributed by atoms with Crippen LogP contribution in [0, 0.1) is 6.92 Å². The smallest absolute Gasteiger partial charge is 0.179 e. The van der Waals surface area contributed by atoms with Gasteiger partial charge in [-0.1, -0.05) is 24.6 Å². The van der Waals surface area contributed by atoms with Crippen LogP contribution in [-0.4, -0.2) is 20.2 Å². The second-order valence-corrected chi connectivity index (χ2v) is 5.80. The number of hydrogen-bond acceptors (Lipinski definition) is 3. The Bertz CT molecular complexity index is 409. The fraction of sp³-hybridized carbons (Fsp3) is 0.455. The maximum absolute atomic E-state index is 11.8. The average Bonchev–Trinajstić information content (AvgIpc) is 2.17. The summed E-state index contributed by atoms with van der Waals surface area (Å²) in [6.45, 7) is 3.81. The molecule has 1 unspecified atom stereocenters. The molecular formula is C11H17NO2S.